The third-order valence-electron chi connectivity index (χ3n) is 5.89. The quantitative estimate of drug-likeness (QED) is 0.690. The fourth-order valence-electron chi connectivity index (χ4n) is 3.55. The maximum Gasteiger partial charge on any atom is 0.433 e. The van der Waals surface area contributed by atoms with Crippen LogP contribution in [0.25, 0.3) is 11.5 Å². The lowest BCUT2D eigenvalue weighted by Gasteiger charge is -2.32. The van der Waals surface area contributed by atoms with Crippen LogP contribution in [-0.4, -0.2) is 32.5 Å². The molecule has 0 spiro atoms. The van der Waals surface area contributed by atoms with Crippen LogP contribution in [0.1, 0.15) is 51.1 Å². The second-order valence-corrected chi connectivity index (χ2v) is 8.01. The van der Waals surface area contributed by atoms with Crippen LogP contribution in [0.3, 0.4) is 0 Å². The Morgan fingerprint density at radius 1 is 1.00 bits per heavy atom. The van der Waals surface area contributed by atoms with Gasteiger partial charge in [-0.1, -0.05) is 18.9 Å². The summed E-state index contributed by atoms with van der Waals surface area (Å²) >= 11 is 0. The molecule has 156 valence electrons. The van der Waals surface area contributed by atoms with Gasteiger partial charge in [0, 0.05) is 12.6 Å². The normalized spacial score (nSPS) is 18.6. The molecule has 2 heterocycles. The molecule has 2 aliphatic carbocycles. The molecule has 2 aromatic heterocycles. The summed E-state index contributed by atoms with van der Waals surface area (Å²) in [5, 5.41) is 6.52. The van der Waals surface area contributed by atoms with Crippen molar-refractivity contribution in [2.75, 3.05) is 17.2 Å². The van der Waals surface area contributed by atoms with Gasteiger partial charge in [-0.25, -0.2) is 4.98 Å². The van der Waals surface area contributed by atoms with E-state index >= 15 is 0 Å². The number of aromatic nitrogens is 4. The van der Waals surface area contributed by atoms with Crippen LogP contribution in [-0.2, 0) is 6.18 Å². The van der Waals surface area contributed by atoms with Crippen LogP contribution in [0.2, 0.25) is 0 Å². The summed E-state index contributed by atoms with van der Waals surface area (Å²) in [7, 11) is 0. The smallest absolute Gasteiger partial charge is 0.354 e. The van der Waals surface area contributed by atoms with Gasteiger partial charge in [-0.15, -0.1) is 0 Å². The van der Waals surface area contributed by atoms with Crippen molar-refractivity contribution in [2.24, 2.45) is 11.8 Å². The molecule has 0 radical (unpaired) electrons. The molecule has 0 saturated heterocycles. The Labute approximate surface area is 167 Å². The number of pyridine rings is 1. The summed E-state index contributed by atoms with van der Waals surface area (Å²) < 4.78 is 39.2. The SMILES string of the molecule is CC(Nc1nc(NCC2CCC2)nc(-c2cccc(C(F)(F)F)n2)n1)C1CCC1. The zero-order chi connectivity index (χ0) is 20.4. The predicted molar refractivity (Wildman–Crippen MR) is 104 cm³/mol. The molecule has 1 unspecified atom stereocenters. The molecular formula is C20H25F3N6. The van der Waals surface area contributed by atoms with Crippen LogP contribution in [0.15, 0.2) is 18.2 Å². The number of nitrogens with zero attached hydrogens (tertiary/aromatic N) is 4. The topological polar surface area (TPSA) is 75.6 Å². The molecule has 29 heavy (non-hydrogen) atoms. The van der Waals surface area contributed by atoms with Gasteiger partial charge in [0.05, 0.1) is 0 Å². The van der Waals surface area contributed by atoms with E-state index in [9.17, 15) is 13.2 Å². The summed E-state index contributed by atoms with van der Waals surface area (Å²) in [4.78, 5) is 16.9. The third-order valence-corrected chi connectivity index (χ3v) is 5.89. The molecule has 2 fully saturated rings. The number of alkyl halides is 3. The van der Waals surface area contributed by atoms with Gasteiger partial charge in [0.2, 0.25) is 11.9 Å². The van der Waals surface area contributed by atoms with Gasteiger partial charge in [-0.3, -0.25) is 0 Å². The number of halogens is 3. The summed E-state index contributed by atoms with van der Waals surface area (Å²) in [5.74, 6) is 2.01. The summed E-state index contributed by atoms with van der Waals surface area (Å²) in [6, 6.07) is 3.94. The van der Waals surface area contributed by atoms with Crippen LogP contribution < -0.4 is 10.6 Å². The third kappa shape index (κ3) is 4.76. The van der Waals surface area contributed by atoms with Crippen molar-refractivity contribution in [2.45, 2.75) is 57.7 Å². The average Bonchev–Trinajstić information content (AvgIpc) is 2.58. The lowest BCUT2D eigenvalue weighted by Crippen LogP contribution is -2.31. The molecule has 2 aliphatic rings. The van der Waals surface area contributed by atoms with E-state index < -0.39 is 11.9 Å². The van der Waals surface area contributed by atoms with E-state index in [1.54, 1.807) is 0 Å². The number of hydrogen-bond donors (Lipinski definition) is 2. The van der Waals surface area contributed by atoms with Crippen molar-refractivity contribution >= 4 is 11.9 Å². The minimum absolute atomic E-state index is 0.0771. The van der Waals surface area contributed by atoms with Gasteiger partial charge in [0.15, 0.2) is 5.82 Å². The molecule has 1 atom stereocenters. The zero-order valence-corrected chi connectivity index (χ0v) is 16.3. The van der Waals surface area contributed by atoms with Gasteiger partial charge in [-0.05, 0) is 56.6 Å². The van der Waals surface area contributed by atoms with Crippen molar-refractivity contribution in [3.05, 3.63) is 23.9 Å². The Balaban J connectivity index is 1.61. The first-order chi connectivity index (χ1) is 13.9. The maximum absolute atomic E-state index is 13.1. The first-order valence-electron chi connectivity index (χ1n) is 10.2. The van der Waals surface area contributed by atoms with Crippen LogP contribution in [0, 0.1) is 11.8 Å². The Morgan fingerprint density at radius 2 is 1.72 bits per heavy atom. The standard InChI is InChI=1S/C20H25F3N6/c1-12(14-7-3-8-14)25-19-28-17(15-9-4-10-16(26-15)20(21,22)23)27-18(29-19)24-11-13-5-2-6-13/h4,9-10,12-14H,2-3,5-8,11H2,1H3,(H2,24,25,27,28,29). The highest BCUT2D eigenvalue weighted by Gasteiger charge is 2.33. The van der Waals surface area contributed by atoms with Crippen molar-refractivity contribution in [1.82, 2.24) is 19.9 Å². The van der Waals surface area contributed by atoms with E-state index in [4.69, 9.17) is 0 Å². The Bertz CT molecular complexity index is 848. The van der Waals surface area contributed by atoms with Gasteiger partial charge in [0.1, 0.15) is 11.4 Å². The monoisotopic (exact) mass is 406 g/mol. The summed E-state index contributed by atoms with van der Waals surface area (Å²) in [6.07, 6.45) is 2.60. The van der Waals surface area contributed by atoms with Crippen molar-refractivity contribution in [3.8, 4) is 11.5 Å². The molecule has 2 N–H and O–H groups in total. The second-order valence-electron chi connectivity index (χ2n) is 8.01. The maximum atomic E-state index is 13.1. The molecule has 0 bridgehead atoms. The number of hydrogen-bond acceptors (Lipinski definition) is 6. The van der Waals surface area contributed by atoms with Crippen molar-refractivity contribution in [1.29, 1.82) is 0 Å². The van der Waals surface area contributed by atoms with Crippen molar-refractivity contribution < 1.29 is 13.2 Å². The number of nitrogens with one attached hydrogen (secondary N) is 2. The highest BCUT2D eigenvalue weighted by atomic mass is 19.4. The molecular weight excluding hydrogens is 381 g/mol. The highest BCUT2D eigenvalue weighted by molar-refractivity contribution is 5.54. The molecule has 2 aromatic rings. The van der Waals surface area contributed by atoms with E-state index in [-0.39, 0.29) is 17.6 Å². The van der Waals surface area contributed by atoms with E-state index in [2.05, 4.69) is 37.5 Å². The molecule has 4 rings (SSSR count). The summed E-state index contributed by atoms with van der Waals surface area (Å²) in [6.45, 7) is 2.83. The van der Waals surface area contributed by atoms with E-state index in [1.807, 2.05) is 0 Å². The fourth-order valence-corrected chi connectivity index (χ4v) is 3.55. The average molecular weight is 406 g/mol. The van der Waals surface area contributed by atoms with E-state index in [0.717, 1.165) is 25.5 Å². The first-order valence-corrected chi connectivity index (χ1v) is 10.2. The molecule has 9 heteroatoms. The minimum Gasteiger partial charge on any atom is -0.354 e. The Hall–Kier alpha value is -2.45. The molecule has 6 nitrogen and oxygen atoms in total. The lowest BCUT2D eigenvalue weighted by molar-refractivity contribution is -0.141. The van der Waals surface area contributed by atoms with E-state index in [1.165, 1.54) is 37.8 Å². The highest BCUT2D eigenvalue weighted by Crippen LogP contribution is 2.32. The van der Waals surface area contributed by atoms with Crippen LogP contribution in [0.4, 0.5) is 25.1 Å². The first kappa shape index (κ1) is 19.8. The lowest BCUT2D eigenvalue weighted by atomic mass is 9.80. The molecule has 0 aromatic carbocycles. The van der Waals surface area contributed by atoms with E-state index in [0.29, 0.717) is 23.7 Å². The van der Waals surface area contributed by atoms with Crippen LogP contribution >= 0.6 is 0 Å². The summed E-state index contributed by atoms with van der Waals surface area (Å²) in [5.41, 5.74) is -0.884. The largest absolute Gasteiger partial charge is 0.433 e. The van der Waals surface area contributed by atoms with Crippen LogP contribution in [0.5, 0.6) is 0 Å². The fraction of sp³-hybridized carbons (Fsp3) is 0.600. The number of rotatable bonds is 7. The zero-order valence-electron chi connectivity index (χ0n) is 16.3. The van der Waals surface area contributed by atoms with Gasteiger partial charge >= 0.3 is 6.18 Å². The minimum atomic E-state index is -4.52. The second kappa shape index (κ2) is 8.12. The predicted octanol–water partition coefficient (Wildman–Crippen LogP) is 4.76. The molecule has 2 saturated carbocycles. The molecule has 0 aliphatic heterocycles. The van der Waals surface area contributed by atoms with Gasteiger partial charge < -0.3 is 10.6 Å². The Kier molecular flexibility index (Phi) is 5.56. The van der Waals surface area contributed by atoms with Crippen molar-refractivity contribution in [3.63, 3.8) is 0 Å². The number of anilines is 2. The van der Waals surface area contributed by atoms with Gasteiger partial charge in [-0.2, -0.15) is 28.1 Å². The Morgan fingerprint density at radius 3 is 2.34 bits per heavy atom. The van der Waals surface area contributed by atoms with Gasteiger partial charge in [0.25, 0.3) is 0 Å². The molecule has 0 amide bonds.